The van der Waals surface area contributed by atoms with Crippen LogP contribution in [0.5, 0.6) is 5.75 Å². The Morgan fingerprint density at radius 1 is 1.39 bits per heavy atom. The van der Waals surface area contributed by atoms with E-state index in [1.165, 1.54) is 35.4 Å². The molecule has 5 nitrogen and oxygen atoms in total. The summed E-state index contributed by atoms with van der Waals surface area (Å²) in [5.74, 6) is 0.374. The van der Waals surface area contributed by atoms with Gasteiger partial charge in [0, 0.05) is 42.4 Å². The van der Waals surface area contributed by atoms with Crippen LogP contribution in [0.3, 0.4) is 0 Å². The smallest absolute Gasteiger partial charge is 0.303 e. The summed E-state index contributed by atoms with van der Waals surface area (Å²) in [6.45, 7) is 2.23. The lowest BCUT2D eigenvalue weighted by Gasteiger charge is -2.38. The lowest BCUT2D eigenvalue weighted by atomic mass is 9.79. The molecule has 10 heteroatoms. The van der Waals surface area contributed by atoms with Gasteiger partial charge in [-0.05, 0) is 67.3 Å². The normalized spacial score (nSPS) is 19.4. The highest BCUT2D eigenvalue weighted by Gasteiger charge is 2.31. The second-order valence-corrected chi connectivity index (χ2v) is 11.7. The fraction of sp³-hybridized carbons (Fsp3) is 0.462. The molecule has 1 fully saturated rings. The molecule has 4 rings (SSSR count). The fourth-order valence-corrected chi connectivity index (χ4v) is 7.15. The van der Waals surface area contributed by atoms with E-state index in [1.807, 2.05) is 0 Å². The third-order valence-electron chi connectivity index (χ3n) is 6.81. The van der Waals surface area contributed by atoms with Gasteiger partial charge in [0.1, 0.15) is 17.7 Å². The third kappa shape index (κ3) is 6.68. The summed E-state index contributed by atoms with van der Waals surface area (Å²) in [5.41, 5.74) is 1.06. The summed E-state index contributed by atoms with van der Waals surface area (Å²) in [4.78, 5) is 18.1. The maximum absolute atomic E-state index is 15.6. The number of halogens is 3. The monoisotopic (exact) mass is 554 g/mol. The minimum atomic E-state index is -1.30. The van der Waals surface area contributed by atoms with Crippen LogP contribution in [0.4, 0.5) is 8.78 Å². The molecule has 3 aromatic rings. The molecule has 0 radical (unpaired) electrons. The van der Waals surface area contributed by atoms with Gasteiger partial charge in [-0.1, -0.05) is 11.6 Å². The second-order valence-electron chi connectivity index (χ2n) is 9.06. The number of hydrogen-bond donors (Lipinski definition) is 1. The molecule has 1 aliphatic rings. The molecule has 2 aromatic heterocycles. The van der Waals surface area contributed by atoms with Gasteiger partial charge in [-0.25, -0.2) is 8.78 Å². The Hall–Kier alpha value is -1.94. The molecule has 0 amide bonds. The van der Waals surface area contributed by atoms with E-state index >= 15 is 4.39 Å². The highest BCUT2D eigenvalue weighted by molar-refractivity contribution is 8.01. The van der Waals surface area contributed by atoms with Gasteiger partial charge in [0.25, 0.3) is 0 Å². The van der Waals surface area contributed by atoms with E-state index in [9.17, 15) is 14.3 Å². The predicted octanol–water partition coefficient (Wildman–Crippen LogP) is 7.09. The first-order valence-electron chi connectivity index (χ1n) is 11.9. The van der Waals surface area contributed by atoms with Crippen molar-refractivity contribution in [3.05, 3.63) is 52.2 Å². The van der Waals surface area contributed by atoms with Crippen molar-refractivity contribution in [2.75, 3.05) is 32.5 Å². The Kier molecular flexibility index (Phi) is 9.44. The quantitative estimate of drug-likeness (QED) is 0.255. The third-order valence-corrected chi connectivity index (χ3v) is 9.28. The van der Waals surface area contributed by atoms with Crippen molar-refractivity contribution in [3.8, 4) is 5.75 Å². The number of hydrogen-bond acceptors (Lipinski definition) is 6. The average Bonchev–Trinajstić information content (AvgIpc) is 3.27. The number of carbonyl (C=O) groups is 1. The summed E-state index contributed by atoms with van der Waals surface area (Å²) in [5, 5.41) is 12.1. The van der Waals surface area contributed by atoms with Crippen LogP contribution < -0.4 is 4.74 Å². The van der Waals surface area contributed by atoms with E-state index < -0.39 is 12.1 Å². The van der Waals surface area contributed by atoms with Crippen molar-refractivity contribution in [1.29, 1.82) is 0 Å². The number of ether oxygens (including phenoxy) is 1. The number of rotatable bonds is 11. The number of likely N-dealkylation sites (tertiary alicyclic amines) is 1. The van der Waals surface area contributed by atoms with Crippen LogP contribution in [0.15, 0.2) is 40.1 Å². The van der Waals surface area contributed by atoms with Crippen molar-refractivity contribution < 1.29 is 23.4 Å². The number of carboxylic acid groups (broad SMARTS) is 1. The Balaban J connectivity index is 1.38. The van der Waals surface area contributed by atoms with Gasteiger partial charge in [0.05, 0.1) is 21.9 Å². The number of alkyl halides is 1. The van der Waals surface area contributed by atoms with Gasteiger partial charge in [-0.15, -0.1) is 23.1 Å². The molecule has 0 aliphatic carbocycles. The molecular weight excluding hydrogens is 526 g/mol. The van der Waals surface area contributed by atoms with Gasteiger partial charge in [-0.3, -0.25) is 9.78 Å². The summed E-state index contributed by atoms with van der Waals surface area (Å²) in [7, 11) is 1.56. The molecule has 3 atom stereocenters. The van der Waals surface area contributed by atoms with E-state index in [4.69, 9.17) is 16.3 Å². The lowest BCUT2D eigenvalue weighted by Crippen LogP contribution is -2.42. The first-order valence-corrected chi connectivity index (χ1v) is 14.2. The van der Waals surface area contributed by atoms with Crippen molar-refractivity contribution >= 4 is 51.6 Å². The van der Waals surface area contributed by atoms with Gasteiger partial charge in [0.15, 0.2) is 0 Å². The number of fused-ring (bicyclic) bond motifs is 1. The molecule has 1 aliphatic heterocycles. The van der Waals surface area contributed by atoms with Crippen molar-refractivity contribution in [2.24, 2.45) is 11.8 Å². The fourth-order valence-electron chi connectivity index (χ4n) is 4.96. The molecule has 3 heterocycles. The summed E-state index contributed by atoms with van der Waals surface area (Å²) < 4.78 is 35.2. The number of pyridine rings is 1. The molecule has 1 N–H and O–H groups in total. The Morgan fingerprint density at radius 2 is 2.22 bits per heavy atom. The Morgan fingerprint density at radius 3 is 2.94 bits per heavy atom. The van der Waals surface area contributed by atoms with Gasteiger partial charge >= 0.3 is 5.97 Å². The number of thiophene rings is 1. The minimum absolute atomic E-state index is 0.0565. The van der Waals surface area contributed by atoms with E-state index in [-0.39, 0.29) is 35.5 Å². The Labute approximate surface area is 222 Å². The SMILES string of the molecule is COc1ccc2ncc(Cl)c([C@H](F)CCC3CCN(CCSc4sccc4F)CC3CC(=O)O)c2c1. The maximum atomic E-state index is 15.6. The van der Waals surface area contributed by atoms with Gasteiger partial charge in [0.2, 0.25) is 0 Å². The molecule has 0 saturated carbocycles. The standard InChI is InChI=1S/C26H29ClF2N2O3S2/c1-34-18-3-5-23-19(13-18)25(20(27)14-30-23)21(28)4-2-16-6-8-31(15-17(16)12-24(32)33)9-11-36-26-22(29)7-10-35-26/h3,5,7,10,13-14,16-17,21H,2,4,6,8-9,11-12,15H2,1H3,(H,32,33)/t16?,17?,21-/m1/s1. The van der Waals surface area contributed by atoms with Crippen molar-refractivity contribution in [3.63, 3.8) is 0 Å². The summed E-state index contributed by atoms with van der Waals surface area (Å²) >= 11 is 9.26. The van der Waals surface area contributed by atoms with E-state index in [0.29, 0.717) is 39.4 Å². The number of aliphatic carboxylic acids is 1. The minimum Gasteiger partial charge on any atom is -0.497 e. The van der Waals surface area contributed by atoms with E-state index in [2.05, 4.69) is 9.88 Å². The maximum Gasteiger partial charge on any atom is 0.303 e. The zero-order chi connectivity index (χ0) is 25.7. The lowest BCUT2D eigenvalue weighted by molar-refractivity contribution is -0.139. The zero-order valence-corrected chi connectivity index (χ0v) is 22.4. The van der Waals surface area contributed by atoms with Crippen LogP contribution >= 0.6 is 34.7 Å². The number of carboxylic acids is 1. The van der Waals surface area contributed by atoms with Crippen molar-refractivity contribution in [1.82, 2.24) is 9.88 Å². The molecule has 2 unspecified atom stereocenters. The molecule has 0 spiro atoms. The topological polar surface area (TPSA) is 62.7 Å². The van der Waals surface area contributed by atoms with Crippen LogP contribution in [-0.2, 0) is 4.79 Å². The van der Waals surface area contributed by atoms with Crippen LogP contribution in [0.25, 0.3) is 10.9 Å². The van der Waals surface area contributed by atoms with Crippen LogP contribution in [-0.4, -0.2) is 53.5 Å². The molecule has 194 valence electrons. The zero-order valence-electron chi connectivity index (χ0n) is 20.0. The van der Waals surface area contributed by atoms with Crippen LogP contribution in [0.2, 0.25) is 5.02 Å². The molecule has 36 heavy (non-hydrogen) atoms. The van der Waals surface area contributed by atoms with E-state index in [0.717, 1.165) is 25.3 Å². The number of thioether (sulfide) groups is 1. The van der Waals surface area contributed by atoms with Crippen LogP contribution in [0, 0.1) is 17.7 Å². The number of piperidine rings is 1. The molecule has 1 aromatic carbocycles. The first-order chi connectivity index (χ1) is 17.4. The average molecular weight is 555 g/mol. The predicted molar refractivity (Wildman–Crippen MR) is 142 cm³/mol. The van der Waals surface area contributed by atoms with E-state index in [1.54, 1.807) is 30.7 Å². The van der Waals surface area contributed by atoms with Gasteiger partial charge < -0.3 is 14.7 Å². The number of nitrogens with zero attached hydrogens (tertiary/aromatic N) is 2. The van der Waals surface area contributed by atoms with Crippen molar-refractivity contribution in [2.45, 2.75) is 36.1 Å². The highest BCUT2D eigenvalue weighted by atomic mass is 35.5. The first kappa shape index (κ1) is 27.1. The number of aromatic nitrogens is 1. The molecule has 1 saturated heterocycles. The molecular formula is C26H29ClF2N2O3S2. The Bertz CT molecular complexity index is 1200. The largest absolute Gasteiger partial charge is 0.497 e. The van der Waals surface area contributed by atoms with Crippen LogP contribution in [0.1, 0.15) is 37.4 Å². The summed E-state index contributed by atoms with van der Waals surface area (Å²) in [6, 6.07) is 6.78. The number of benzene rings is 1. The van der Waals surface area contributed by atoms with Gasteiger partial charge in [-0.2, -0.15) is 0 Å². The highest BCUT2D eigenvalue weighted by Crippen LogP contribution is 2.39. The molecule has 0 bridgehead atoms. The second kappa shape index (κ2) is 12.5. The summed E-state index contributed by atoms with van der Waals surface area (Å²) in [6.07, 6.45) is 1.87. The number of methoxy groups -OCH3 is 1.